The minimum absolute atomic E-state index is 0.0951. The van der Waals surface area contributed by atoms with Crippen LogP contribution in [-0.4, -0.2) is 53.1 Å². The van der Waals surface area contributed by atoms with Gasteiger partial charge in [0.15, 0.2) is 11.6 Å². The molecule has 138 valence electrons. The second kappa shape index (κ2) is 5.34. The van der Waals surface area contributed by atoms with Gasteiger partial charge in [0.05, 0.1) is 16.6 Å². The normalized spacial score (nSPS) is 21.8. The zero-order valence-corrected chi connectivity index (χ0v) is 14.4. The third-order valence-electron chi connectivity index (χ3n) is 5.50. The second-order valence-electron chi connectivity index (χ2n) is 6.92. The maximum atomic E-state index is 15.1. The molecule has 2 atom stereocenters. The lowest BCUT2D eigenvalue weighted by Crippen LogP contribution is -2.63. The van der Waals surface area contributed by atoms with Crippen LogP contribution in [0.25, 0.3) is 10.9 Å². The summed E-state index contributed by atoms with van der Waals surface area (Å²) in [6, 6.07) is -0.196. The molecule has 9 heteroatoms. The summed E-state index contributed by atoms with van der Waals surface area (Å²) in [5.74, 6) is -3.14. The summed E-state index contributed by atoms with van der Waals surface area (Å²) in [7, 11) is 1.74. The fourth-order valence-corrected chi connectivity index (χ4v) is 3.85. The molecule has 0 radical (unpaired) electrons. The summed E-state index contributed by atoms with van der Waals surface area (Å²) in [5.41, 5.74) is 5.69. The topological polar surface area (TPSA) is 112 Å². The molecule has 1 aromatic heterocycles. The molecule has 1 aromatic carbocycles. The highest BCUT2D eigenvalue weighted by Gasteiger charge is 2.39. The molecule has 4 rings (SSSR count). The Bertz CT molecular complexity index is 1020. The number of aromatic carboxylic acids is 1. The number of phenols is 1. The van der Waals surface area contributed by atoms with Crippen LogP contribution < -0.4 is 21.1 Å². The summed E-state index contributed by atoms with van der Waals surface area (Å²) < 4.78 is 16.6. The molecule has 3 heterocycles. The van der Waals surface area contributed by atoms with Gasteiger partial charge in [-0.05, 0) is 13.3 Å². The van der Waals surface area contributed by atoms with E-state index in [1.165, 1.54) is 10.9 Å². The number of aromatic nitrogens is 1. The Morgan fingerprint density at radius 3 is 2.69 bits per heavy atom. The number of phenolic OH excluding ortho intramolecular Hbond substituents is 1. The van der Waals surface area contributed by atoms with Crippen molar-refractivity contribution in [2.75, 3.05) is 30.0 Å². The number of nitrogens with zero attached hydrogens (tertiary/aromatic N) is 3. The van der Waals surface area contributed by atoms with Gasteiger partial charge in [0, 0.05) is 44.0 Å². The van der Waals surface area contributed by atoms with Crippen molar-refractivity contribution in [3.8, 4) is 5.75 Å². The molecule has 26 heavy (non-hydrogen) atoms. The van der Waals surface area contributed by atoms with Gasteiger partial charge < -0.3 is 25.9 Å². The predicted octanol–water partition coefficient (Wildman–Crippen LogP) is 0.204. The molecule has 0 amide bonds. The standard InChI is InChI=1S/C17H19FN4O4/c1-7-10(19)6-21(7)14-8-3-4-20(2)22-5-9(17(25)26)15(23)11(13(8)22)16(24)12(14)18/h5,7,10,24H,3-4,6,19H2,1-2H3,(H,25,26)/t7-,10+/m0/s1. The molecular formula is C17H19FN4O4. The number of benzene rings is 1. The van der Waals surface area contributed by atoms with E-state index in [1.807, 2.05) is 6.92 Å². The van der Waals surface area contributed by atoms with Gasteiger partial charge in [-0.3, -0.25) is 9.47 Å². The van der Waals surface area contributed by atoms with Crippen LogP contribution in [0.5, 0.6) is 5.75 Å². The van der Waals surface area contributed by atoms with Crippen LogP contribution in [0.1, 0.15) is 22.8 Å². The number of hydrogen-bond donors (Lipinski definition) is 3. The Kier molecular flexibility index (Phi) is 3.42. The second-order valence-corrected chi connectivity index (χ2v) is 6.92. The maximum absolute atomic E-state index is 15.1. The van der Waals surface area contributed by atoms with Crippen molar-refractivity contribution in [2.24, 2.45) is 5.73 Å². The largest absolute Gasteiger partial charge is 0.504 e. The van der Waals surface area contributed by atoms with E-state index in [2.05, 4.69) is 0 Å². The van der Waals surface area contributed by atoms with Gasteiger partial charge in [0.25, 0.3) is 0 Å². The first kappa shape index (κ1) is 16.6. The molecule has 2 aliphatic rings. The highest BCUT2D eigenvalue weighted by molar-refractivity contribution is 5.99. The van der Waals surface area contributed by atoms with E-state index in [9.17, 15) is 19.8 Å². The average Bonchev–Trinajstić information content (AvgIpc) is 2.60. The molecular weight excluding hydrogens is 343 g/mol. The molecule has 2 aromatic rings. The van der Waals surface area contributed by atoms with E-state index in [4.69, 9.17) is 5.73 Å². The Morgan fingerprint density at radius 2 is 2.12 bits per heavy atom. The lowest BCUT2D eigenvalue weighted by atomic mass is 9.92. The van der Waals surface area contributed by atoms with Crippen LogP contribution in [-0.2, 0) is 6.42 Å². The zero-order valence-electron chi connectivity index (χ0n) is 14.4. The molecule has 1 fully saturated rings. The first-order valence-corrected chi connectivity index (χ1v) is 8.33. The van der Waals surface area contributed by atoms with Crippen molar-refractivity contribution in [3.63, 3.8) is 0 Å². The molecule has 8 nitrogen and oxygen atoms in total. The van der Waals surface area contributed by atoms with Gasteiger partial charge in [0.2, 0.25) is 5.43 Å². The van der Waals surface area contributed by atoms with Crippen molar-refractivity contribution in [1.29, 1.82) is 0 Å². The zero-order chi connectivity index (χ0) is 18.9. The quantitative estimate of drug-likeness (QED) is 0.700. The Morgan fingerprint density at radius 1 is 1.42 bits per heavy atom. The van der Waals surface area contributed by atoms with Crippen LogP contribution in [0.3, 0.4) is 0 Å². The number of carboxylic acids is 1. The number of carboxylic acid groups (broad SMARTS) is 1. The van der Waals surface area contributed by atoms with Gasteiger partial charge in [0.1, 0.15) is 5.56 Å². The van der Waals surface area contributed by atoms with Crippen molar-refractivity contribution < 1.29 is 19.4 Å². The molecule has 0 aliphatic carbocycles. The van der Waals surface area contributed by atoms with Crippen molar-refractivity contribution in [1.82, 2.24) is 4.68 Å². The number of aromatic hydroxyl groups is 1. The monoisotopic (exact) mass is 362 g/mol. The molecule has 0 unspecified atom stereocenters. The van der Waals surface area contributed by atoms with Gasteiger partial charge >= 0.3 is 5.97 Å². The van der Waals surface area contributed by atoms with Crippen molar-refractivity contribution in [3.05, 3.63) is 33.4 Å². The molecule has 0 saturated carbocycles. The van der Waals surface area contributed by atoms with Crippen molar-refractivity contribution >= 4 is 22.6 Å². The summed E-state index contributed by atoms with van der Waals surface area (Å²) in [5, 5.41) is 21.2. The third-order valence-corrected chi connectivity index (χ3v) is 5.50. The van der Waals surface area contributed by atoms with Crippen LogP contribution in [0, 0.1) is 5.82 Å². The maximum Gasteiger partial charge on any atom is 0.341 e. The number of hydrogen-bond acceptors (Lipinski definition) is 6. The van der Waals surface area contributed by atoms with E-state index >= 15 is 4.39 Å². The number of anilines is 1. The lowest BCUT2D eigenvalue weighted by Gasteiger charge is -2.47. The van der Waals surface area contributed by atoms with Crippen LogP contribution in [0.15, 0.2) is 11.0 Å². The first-order valence-electron chi connectivity index (χ1n) is 8.33. The minimum Gasteiger partial charge on any atom is -0.504 e. The molecule has 1 saturated heterocycles. The van der Waals surface area contributed by atoms with Gasteiger partial charge in [-0.1, -0.05) is 0 Å². The minimum atomic E-state index is -1.42. The number of rotatable bonds is 2. The van der Waals surface area contributed by atoms with Gasteiger partial charge in [-0.15, -0.1) is 0 Å². The number of likely N-dealkylation sites (N-methyl/N-ethyl adjacent to an activating group) is 1. The molecule has 0 spiro atoms. The van der Waals surface area contributed by atoms with Crippen molar-refractivity contribution in [2.45, 2.75) is 25.4 Å². The molecule has 4 N–H and O–H groups in total. The SMILES string of the molecule is C[C@H]1[C@H](N)CN1c1c(F)c(O)c2c(=O)c(C(=O)O)cn3c2c1CCN3C. The Balaban J connectivity index is 2.14. The fourth-order valence-electron chi connectivity index (χ4n) is 3.85. The Labute approximate surface area is 147 Å². The summed E-state index contributed by atoms with van der Waals surface area (Å²) in [4.78, 5) is 25.8. The third kappa shape index (κ3) is 1.97. The van der Waals surface area contributed by atoms with E-state index in [1.54, 1.807) is 17.0 Å². The van der Waals surface area contributed by atoms with Gasteiger partial charge in [-0.2, -0.15) is 0 Å². The van der Waals surface area contributed by atoms with E-state index in [-0.39, 0.29) is 23.2 Å². The van der Waals surface area contributed by atoms with Crippen LogP contribution >= 0.6 is 0 Å². The highest BCUT2D eigenvalue weighted by atomic mass is 19.1. The van der Waals surface area contributed by atoms with E-state index in [0.717, 1.165) is 0 Å². The lowest BCUT2D eigenvalue weighted by molar-refractivity contribution is 0.0695. The van der Waals surface area contributed by atoms with Crippen LogP contribution in [0.4, 0.5) is 10.1 Å². The van der Waals surface area contributed by atoms with Gasteiger partial charge in [-0.25, -0.2) is 9.18 Å². The smallest absolute Gasteiger partial charge is 0.341 e. The Hall–Kier alpha value is -2.81. The number of pyridine rings is 1. The highest BCUT2D eigenvalue weighted by Crippen LogP contribution is 2.42. The first-order chi connectivity index (χ1) is 12.2. The predicted molar refractivity (Wildman–Crippen MR) is 94.3 cm³/mol. The fraction of sp³-hybridized carbons (Fsp3) is 0.412. The number of carbonyl (C=O) groups is 1. The van der Waals surface area contributed by atoms with Crippen LogP contribution in [0.2, 0.25) is 0 Å². The number of halogens is 1. The summed E-state index contributed by atoms with van der Waals surface area (Å²) >= 11 is 0. The van der Waals surface area contributed by atoms with E-state index in [0.29, 0.717) is 30.6 Å². The average molecular weight is 362 g/mol. The summed E-state index contributed by atoms with van der Waals surface area (Å²) in [6.45, 7) is 2.83. The molecule has 2 aliphatic heterocycles. The number of nitrogens with two attached hydrogens (primary N) is 1. The molecule has 0 bridgehead atoms. The van der Waals surface area contributed by atoms with E-state index < -0.39 is 28.5 Å². The summed E-state index contributed by atoms with van der Waals surface area (Å²) in [6.07, 6.45) is 1.69.